The summed E-state index contributed by atoms with van der Waals surface area (Å²) in [5, 5.41) is 5.70. The number of fused-ring (bicyclic) bond motifs is 8. The first kappa shape index (κ1) is 26.8. The van der Waals surface area contributed by atoms with Gasteiger partial charge in [-0.05, 0) is 0 Å². The predicted molar refractivity (Wildman–Crippen MR) is 166 cm³/mol. The van der Waals surface area contributed by atoms with Crippen molar-refractivity contribution in [3.8, 4) is 11.1 Å². The molecule has 182 valence electrons. The van der Waals surface area contributed by atoms with E-state index in [0.717, 1.165) is 12.8 Å². The number of allylic oxidation sites excluding steroid dienone is 4. The van der Waals surface area contributed by atoms with Gasteiger partial charge in [0.15, 0.2) is 0 Å². The van der Waals surface area contributed by atoms with Crippen molar-refractivity contribution in [2.75, 3.05) is 0 Å². The first-order chi connectivity index (χ1) is 15.1. The van der Waals surface area contributed by atoms with Gasteiger partial charge < -0.3 is 0 Å². The third-order valence-corrected chi connectivity index (χ3v) is 38.1. The van der Waals surface area contributed by atoms with Crippen molar-refractivity contribution >= 4 is 63.4 Å². The Balaban J connectivity index is 0.00000144. The Labute approximate surface area is 215 Å². The van der Waals surface area contributed by atoms with E-state index in [0.29, 0.717) is 0 Å². The van der Waals surface area contributed by atoms with Crippen molar-refractivity contribution in [1.29, 1.82) is 0 Å². The fourth-order valence-corrected chi connectivity index (χ4v) is 27.2. The molecule has 0 fully saturated rings. The van der Waals surface area contributed by atoms with E-state index in [-0.39, 0.29) is 24.8 Å². The van der Waals surface area contributed by atoms with E-state index in [1.165, 1.54) is 43.8 Å². The summed E-state index contributed by atoms with van der Waals surface area (Å²) in [7, 11) is 0. The molecule has 0 atom stereocenters. The van der Waals surface area contributed by atoms with Gasteiger partial charge in [-0.2, -0.15) is 0 Å². The summed E-state index contributed by atoms with van der Waals surface area (Å²) in [6.07, 6.45) is 9.15. The maximum atomic E-state index is 2.68. The van der Waals surface area contributed by atoms with Crippen LogP contribution in [0.2, 0.25) is 18.5 Å². The minimum atomic E-state index is -5.03. The summed E-state index contributed by atoms with van der Waals surface area (Å²) >= 11 is -5.03. The first-order valence-electron chi connectivity index (χ1n) is 12.3. The average molecular weight is 615 g/mol. The van der Waals surface area contributed by atoms with Gasteiger partial charge in [-0.1, -0.05) is 0 Å². The van der Waals surface area contributed by atoms with Crippen LogP contribution in [-0.2, 0) is 18.0 Å². The quantitative estimate of drug-likeness (QED) is 0.143. The Bertz CT molecular complexity index is 1930. The zero-order valence-corrected chi connectivity index (χ0v) is 28.1. The van der Waals surface area contributed by atoms with Crippen LogP contribution in [0, 0.1) is 0 Å². The summed E-state index contributed by atoms with van der Waals surface area (Å²) in [6, 6.07) is 25.3. The van der Waals surface area contributed by atoms with E-state index in [9.17, 15) is 0 Å². The summed E-state index contributed by atoms with van der Waals surface area (Å²) in [4.78, 5) is 0. The van der Waals surface area contributed by atoms with Gasteiger partial charge in [0.2, 0.25) is 0 Å². The molecule has 0 bridgehead atoms. The number of halogens is 2. The van der Waals surface area contributed by atoms with E-state index < -0.39 is 11.6 Å². The molecule has 4 aromatic carbocycles. The molecule has 0 N–H and O–H groups in total. The monoisotopic (exact) mass is 612 g/mol. The van der Waals surface area contributed by atoms with Gasteiger partial charge in [-0.3, -0.25) is 0 Å². The van der Waals surface area contributed by atoms with Gasteiger partial charge in [0.05, 0.1) is 0 Å². The predicted octanol–water partition coefficient (Wildman–Crippen LogP) is 7.46. The van der Waals surface area contributed by atoms with Crippen molar-refractivity contribution < 1.29 is 11.6 Å². The molecule has 6 rings (SSSR count). The summed E-state index contributed by atoms with van der Waals surface area (Å²) in [5.74, 6) is 0. The number of hydrogen-bond acceptors (Lipinski definition) is 0. The standard InChI is InChI=1S/C21H13.C5H5.4CH3.2ClH.2H2Si.Zr/c1-2-8-15-14(7-1)13-20-18-11-4-3-9-16(18)17-10-5-6-12-19(17)21(15)20;1-2-4-5-3-1;;;;;;;;;/h1-10,12H,13H2;1-3H,4H2;4*1H3;2*1H;2*1H2;. The molecule has 5 heteroatoms. The number of rotatable bonds is 2. The zero-order chi connectivity index (χ0) is 23.4. The molecule has 0 radical (unpaired) electrons. The molecule has 2 aliphatic rings. The molecule has 0 aromatic heterocycles. The summed E-state index contributed by atoms with van der Waals surface area (Å²) in [6.45, 7) is 4.72. The molecule has 35 heavy (non-hydrogen) atoms. The van der Waals surface area contributed by atoms with E-state index in [2.05, 4.69) is 117 Å². The van der Waals surface area contributed by atoms with Gasteiger partial charge in [0, 0.05) is 0 Å². The van der Waals surface area contributed by atoms with Crippen molar-refractivity contribution in [3.05, 3.63) is 99.4 Å². The van der Waals surface area contributed by atoms with Crippen LogP contribution in [-0.4, -0.2) is 13.8 Å². The first-order valence-corrected chi connectivity index (χ1v) is 36.4. The van der Waals surface area contributed by atoms with Crippen LogP contribution in [0.15, 0.2) is 88.2 Å². The normalized spacial score (nSPS) is 18.7. The molecule has 0 saturated carbocycles. The van der Waals surface area contributed by atoms with Gasteiger partial charge in [0.1, 0.15) is 0 Å². The Hall–Kier alpha value is -1.22. The molecule has 0 spiro atoms. The maximum absolute atomic E-state index is 5.03. The van der Waals surface area contributed by atoms with Crippen molar-refractivity contribution in [1.82, 2.24) is 0 Å². The Kier molecular flexibility index (Phi) is 4.79. The van der Waals surface area contributed by atoms with E-state index >= 15 is 0 Å². The molecule has 4 aromatic rings. The molecular weight excluding hydrogens is 579 g/mol. The SMILES string of the molecule is Cl.Cl.[CH3][Zr]([CH3])([CH3])([CH3])(=[SiH2])(=[SiH2])([C]1=CC=CC1)[c]1cccc2c1c1c(c3ccccc32)-c2ccccc2C1. The van der Waals surface area contributed by atoms with Gasteiger partial charge in [-0.25, -0.2) is 0 Å². The molecule has 2 aliphatic carbocycles. The van der Waals surface area contributed by atoms with E-state index in [1.807, 2.05) is 0 Å². The van der Waals surface area contributed by atoms with Gasteiger partial charge in [-0.15, -0.1) is 24.8 Å². The van der Waals surface area contributed by atoms with Crippen molar-refractivity contribution in [2.45, 2.75) is 31.4 Å². The van der Waals surface area contributed by atoms with Crippen molar-refractivity contribution in [2.24, 2.45) is 0 Å². The van der Waals surface area contributed by atoms with Crippen LogP contribution >= 0.6 is 24.8 Å². The van der Waals surface area contributed by atoms with Crippen LogP contribution in [0.5, 0.6) is 0 Å². The second kappa shape index (κ2) is 6.25. The second-order valence-corrected chi connectivity index (χ2v) is 117. The van der Waals surface area contributed by atoms with Crippen LogP contribution in [0.1, 0.15) is 17.5 Å². The molecule has 0 heterocycles. The Morgan fingerprint density at radius 1 is 0.714 bits per heavy atom. The third-order valence-electron chi connectivity index (χ3n) is 9.07. The molecule has 0 aliphatic heterocycles. The molecule has 0 amide bonds. The van der Waals surface area contributed by atoms with Crippen LogP contribution in [0.25, 0.3) is 32.7 Å². The Morgan fingerprint density at radius 2 is 1.34 bits per heavy atom. The van der Waals surface area contributed by atoms with Gasteiger partial charge in [0.25, 0.3) is 0 Å². The molecule has 0 saturated heterocycles. The fourth-order valence-electron chi connectivity index (χ4n) is 6.87. The zero-order valence-electron chi connectivity index (χ0n) is 21.2. The molecule has 0 unspecified atom stereocenters. The second-order valence-electron chi connectivity index (χ2n) is 16.2. The van der Waals surface area contributed by atoms with Crippen LogP contribution in [0.3, 0.4) is 0 Å². The van der Waals surface area contributed by atoms with Gasteiger partial charge >= 0.3 is 192 Å². The number of benzene rings is 4. The third kappa shape index (κ3) is 3.53. The van der Waals surface area contributed by atoms with Crippen LogP contribution < -0.4 is 3.27 Å². The summed E-state index contributed by atoms with van der Waals surface area (Å²) in [5.41, 5.74) is 5.87. The molecule has 0 nitrogen and oxygen atoms in total. The average Bonchev–Trinajstić information content (AvgIpc) is 3.42. The minimum absolute atomic E-state index is 0. The van der Waals surface area contributed by atoms with E-state index in [1.54, 1.807) is 6.55 Å². The Morgan fingerprint density at radius 3 is 2.03 bits per heavy atom. The molecular formula is C30H36Cl2Si2Zr. The number of hydrogen-bond donors (Lipinski definition) is 0. The topological polar surface area (TPSA) is 0 Å². The summed E-state index contributed by atoms with van der Waals surface area (Å²) < 4.78 is 14.0. The van der Waals surface area contributed by atoms with Crippen molar-refractivity contribution in [3.63, 3.8) is 0 Å². The van der Waals surface area contributed by atoms with Crippen LogP contribution in [0.4, 0.5) is 0 Å². The fraction of sp³-hybridized carbons (Fsp3) is 0.200. The van der Waals surface area contributed by atoms with E-state index in [4.69, 9.17) is 0 Å².